The largest absolute Gasteiger partial charge is 0.444 e. The van der Waals surface area contributed by atoms with Gasteiger partial charge >= 0.3 is 6.09 Å². The molecule has 0 radical (unpaired) electrons. The van der Waals surface area contributed by atoms with Gasteiger partial charge in [0.05, 0.1) is 0 Å². The Hall–Kier alpha value is -1.48. The highest BCUT2D eigenvalue weighted by molar-refractivity contribution is 6.17. The van der Waals surface area contributed by atoms with Crippen LogP contribution in [0, 0.1) is 0 Å². The van der Waals surface area contributed by atoms with Crippen molar-refractivity contribution in [3.63, 3.8) is 0 Å². The van der Waals surface area contributed by atoms with Crippen LogP contribution in [0.25, 0.3) is 6.08 Å². The van der Waals surface area contributed by atoms with Gasteiger partial charge in [-0.1, -0.05) is 36.4 Å². The highest BCUT2D eigenvalue weighted by atomic mass is 35.5. The van der Waals surface area contributed by atoms with Crippen LogP contribution in [0.4, 0.5) is 4.79 Å². The van der Waals surface area contributed by atoms with Crippen molar-refractivity contribution < 1.29 is 9.53 Å². The maximum Gasteiger partial charge on any atom is 0.407 e. The van der Waals surface area contributed by atoms with Gasteiger partial charge in [0.2, 0.25) is 0 Å². The summed E-state index contributed by atoms with van der Waals surface area (Å²) in [4.78, 5) is 11.4. The summed E-state index contributed by atoms with van der Waals surface area (Å²) in [5, 5.41) is 2.72. The molecule has 0 unspecified atom stereocenters. The molecule has 1 amide bonds. The van der Waals surface area contributed by atoms with E-state index in [1.54, 1.807) is 0 Å². The number of halogens is 1. The normalized spacial score (nSPS) is 11.6. The van der Waals surface area contributed by atoms with Crippen molar-refractivity contribution in [2.75, 3.05) is 6.54 Å². The molecule has 0 aliphatic heterocycles. The number of alkyl carbamates (subject to hydrolysis) is 1. The minimum absolute atomic E-state index is 0.382. The average molecular weight is 296 g/mol. The fourth-order valence-corrected chi connectivity index (χ4v) is 1.84. The molecule has 0 aliphatic carbocycles. The van der Waals surface area contributed by atoms with Crippen molar-refractivity contribution in [1.82, 2.24) is 5.32 Å². The van der Waals surface area contributed by atoms with Crippen LogP contribution >= 0.6 is 11.6 Å². The van der Waals surface area contributed by atoms with Crippen molar-refractivity contribution in [2.45, 2.75) is 38.7 Å². The minimum Gasteiger partial charge on any atom is -0.444 e. The van der Waals surface area contributed by atoms with Gasteiger partial charge in [0.15, 0.2) is 0 Å². The molecule has 0 heterocycles. The molecule has 3 nitrogen and oxygen atoms in total. The van der Waals surface area contributed by atoms with Gasteiger partial charge in [-0.3, -0.25) is 0 Å². The summed E-state index contributed by atoms with van der Waals surface area (Å²) < 4.78 is 5.15. The van der Waals surface area contributed by atoms with Gasteiger partial charge in [0.1, 0.15) is 5.60 Å². The predicted molar refractivity (Wildman–Crippen MR) is 83.9 cm³/mol. The van der Waals surface area contributed by atoms with E-state index >= 15 is 0 Å². The van der Waals surface area contributed by atoms with E-state index in [-0.39, 0.29) is 6.09 Å². The maximum atomic E-state index is 11.4. The number of alkyl halides is 1. The highest BCUT2D eigenvalue weighted by Crippen LogP contribution is 2.13. The molecule has 20 heavy (non-hydrogen) atoms. The Morgan fingerprint density at radius 1 is 1.35 bits per heavy atom. The number of amides is 1. The molecule has 1 rings (SSSR count). The lowest BCUT2D eigenvalue weighted by Gasteiger charge is -2.19. The Labute approximate surface area is 126 Å². The number of rotatable bonds is 5. The number of carbonyl (C=O) groups excluding carboxylic acids is 1. The van der Waals surface area contributed by atoms with E-state index in [4.69, 9.17) is 16.3 Å². The summed E-state index contributed by atoms with van der Waals surface area (Å²) in [6.45, 7) is 6.08. The summed E-state index contributed by atoms with van der Waals surface area (Å²) in [7, 11) is 0. The van der Waals surface area contributed by atoms with E-state index in [1.165, 1.54) is 0 Å². The first-order chi connectivity index (χ1) is 9.42. The van der Waals surface area contributed by atoms with E-state index in [0.29, 0.717) is 12.4 Å². The fraction of sp³-hybridized carbons (Fsp3) is 0.438. The van der Waals surface area contributed by atoms with Gasteiger partial charge in [0.25, 0.3) is 0 Å². The molecule has 0 spiro atoms. The zero-order valence-corrected chi connectivity index (χ0v) is 13.0. The van der Waals surface area contributed by atoms with Crippen LogP contribution in [0.1, 0.15) is 38.3 Å². The minimum atomic E-state index is -0.459. The van der Waals surface area contributed by atoms with Gasteiger partial charge in [-0.25, -0.2) is 4.79 Å². The lowest BCUT2D eigenvalue weighted by molar-refractivity contribution is 0.0529. The number of carbonyl (C=O) groups is 1. The van der Waals surface area contributed by atoms with Gasteiger partial charge in [-0.05, 0) is 38.3 Å². The second-order valence-electron chi connectivity index (χ2n) is 5.45. The van der Waals surface area contributed by atoms with Crippen LogP contribution < -0.4 is 5.32 Å². The van der Waals surface area contributed by atoms with Crippen molar-refractivity contribution in [3.8, 4) is 0 Å². The molecule has 0 aliphatic rings. The van der Waals surface area contributed by atoms with Crippen LogP contribution in [0.15, 0.2) is 30.3 Å². The Morgan fingerprint density at radius 2 is 2.05 bits per heavy atom. The first kappa shape index (κ1) is 16.6. The summed E-state index contributed by atoms with van der Waals surface area (Å²) in [6, 6.07) is 7.98. The number of ether oxygens (including phenoxy) is 1. The molecule has 0 aromatic heterocycles. The molecule has 4 heteroatoms. The molecule has 1 aromatic carbocycles. The summed E-state index contributed by atoms with van der Waals surface area (Å²) in [5.74, 6) is 0.497. The smallest absolute Gasteiger partial charge is 0.407 e. The number of hydrogen-bond acceptors (Lipinski definition) is 2. The molecule has 0 fully saturated rings. The van der Waals surface area contributed by atoms with E-state index < -0.39 is 5.60 Å². The second kappa shape index (κ2) is 7.95. The first-order valence-electron chi connectivity index (χ1n) is 6.69. The van der Waals surface area contributed by atoms with E-state index in [0.717, 1.165) is 17.5 Å². The van der Waals surface area contributed by atoms with Crippen LogP contribution in [-0.4, -0.2) is 18.2 Å². The van der Waals surface area contributed by atoms with Crippen LogP contribution in [0.2, 0.25) is 0 Å². The number of hydrogen-bond donors (Lipinski definition) is 1. The number of nitrogens with one attached hydrogen (secondary N) is 1. The zero-order chi connectivity index (χ0) is 15.0. The van der Waals surface area contributed by atoms with E-state index in [1.807, 2.05) is 57.2 Å². The molecule has 0 saturated carbocycles. The van der Waals surface area contributed by atoms with Gasteiger partial charge in [-0.2, -0.15) is 0 Å². The van der Waals surface area contributed by atoms with E-state index in [9.17, 15) is 4.79 Å². The van der Waals surface area contributed by atoms with Crippen molar-refractivity contribution in [1.29, 1.82) is 0 Å². The topological polar surface area (TPSA) is 38.3 Å². The third-order valence-corrected chi connectivity index (χ3v) is 2.76. The summed E-state index contributed by atoms with van der Waals surface area (Å²) in [6.07, 6.45) is 4.40. The van der Waals surface area contributed by atoms with Gasteiger partial charge in [-0.15, -0.1) is 11.6 Å². The van der Waals surface area contributed by atoms with Crippen LogP contribution in [0.5, 0.6) is 0 Å². The summed E-state index contributed by atoms with van der Waals surface area (Å²) >= 11 is 5.87. The highest BCUT2D eigenvalue weighted by Gasteiger charge is 2.15. The SMILES string of the molecule is CC(C)(C)OC(=O)NCCC=Cc1ccccc1CCl. The standard InChI is InChI=1S/C16H22ClNO2/c1-16(2,3)20-15(19)18-11-7-6-9-13-8-4-5-10-14(13)12-17/h4-6,8-10H,7,11-12H2,1-3H3,(H,18,19). The van der Waals surface area contributed by atoms with Crippen molar-refractivity contribution >= 4 is 23.8 Å². The molecular weight excluding hydrogens is 274 g/mol. The molecule has 0 atom stereocenters. The fourth-order valence-electron chi connectivity index (χ4n) is 1.60. The number of benzene rings is 1. The van der Waals surface area contributed by atoms with Crippen molar-refractivity contribution in [2.24, 2.45) is 0 Å². The molecule has 1 aromatic rings. The van der Waals surface area contributed by atoms with E-state index in [2.05, 4.69) is 5.32 Å². The van der Waals surface area contributed by atoms with Crippen LogP contribution in [0.3, 0.4) is 0 Å². The zero-order valence-electron chi connectivity index (χ0n) is 12.3. The molecule has 1 N–H and O–H groups in total. The summed E-state index contributed by atoms with van der Waals surface area (Å²) in [5.41, 5.74) is 1.75. The first-order valence-corrected chi connectivity index (χ1v) is 7.23. The maximum absolute atomic E-state index is 11.4. The van der Waals surface area contributed by atoms with Gasteiger partial charge in [0, 0.05) is 12.4 Å². The Morgan fingerprint density at radius 3 is 2.70 bits per heavy atom. The lowest BCUT2D eigenvalue weighted by atomic mass is 10.1. The van der Waals surface area contributed by atoms with Crippen LogP contribution in [-0.2, 0) is 10.6 Å². The second-order valence-corrected chi connectivity index (χ2v) is 5.72. The monoisotopic (exact) mass is 295 g/mol. The Bertz CT molecular complexity index is 464. The molecule has 0 saturated heterocycles. The van der Waals surface area contributed by atoms with Crippen molar-refractivity contribution in [3.05, 3.63) is 41.5 Å². The Balaban J connectivity index is 2.34. The lowest BCUT2D eigenvalue weighted by Crippen LogP contribution is -2.32. The third kappa shape index (κ3) is 6.62. The quantitative estimate of drug-likeness (QED) is 0.648. The third-order valence-electron chi connectivity index (χ3n) is 2.48. The predicted octanol–water partition coefficient (Wildman–Crippen LogP) is 4.35. The Kier molecular flexibility index (Phi) is 6.59. The molecular formula is C16H22ClNO2. The molecule has 0 bridgehead atoms. The molecule has 110 valence electrons. The average Bonchev–Trinajstić information content (AvgIpc) is 2.36. The van der Waals surface area contributed by atoms with Gasteiger partial charge < -0.3 is 10.1 Å².